The van der Waals surface area contributed by atoms with Crippen molar-refractivity contribution in [2.75, 3.05) is 0 Å². The molecule has 2 rings (SSSR count). The maximum atomic E-state index is 11.1. The predicted molar refractivity (Wildman–Crippen MR) is 96.2 cm³/mol. The zero-order valence-corrected chi connectivity index (χ0v) is 13.8. The molecule has 0 radical (unpaired) electrons. The van der Waals surface area contributed by atoms with E-state index in [4.69, 9.17) is 21.9 Å². The first-order valence-electron chi connectivity index (χ1n) is 7.23. The Bertz CT molecular complexity index is 872. The predicted octanol–water partition coefficient (Wildman–Crippen LogP) is 2.22. The molecule has 6 N–H and O–H groups in total. The molecule has 9 heteroatoms. The molecule has 0 aromatic heterocycles. The lowest BCUT2D eigenvalue weighted by atomic mass is 10.1. The normalized spacial score (nSPS) is 11.0. The summed E-state index contributed by atoms with van der Waals surface area (Å²) in [4.78, 5) is 18.1. The number of rotatable bonds is 4. The van der Waals surface area contributed by atoms with Crippen LogP contribution in [0.5, 0.6) is 11.5 Å². The Morgan fingerprint density at radius 3 is 2.48 bits per heavy atom. The van der Waals surface area contributed by atoms with E-state index in [0.717, 1.165) is 11.1 Å². The van der Waals surface area contributed by atoms with Crippen molar-refractivity contribution >= 4 is 23.3 Å². The van der Waals surface area contributed by atoms with Gasteiger partial charge in [0.15, 0.2) is 5.96 Å². The van der Waals surface area contributed by atoms with Gasteiger partial charge in [-0.3, -0.25) is 10.1 Å². The SMILES string of the molecule is Cc1ccc(C)c(Oc2cc(N=C(N)N=C(N)N)cc([N+](=O)[O-])c2)c1. The lowest BCUT2D eigenvalue weighted by Gasteiger charge is -2.10. The number of ether oxygens (including phenoxy) is 1. The van der Waals surface area contributed by atoms with Crippen molar-refractivity contribution in [3.63, 3.8) is 0 Å². The summed E-state index contributed by atoms with van der Waals surface area (Å²) in [5.41, 5.74) is 17.9. The fraction of sp³-hybridized carbons (Fsp3) is 0.125. The lowest BCUT2D eigenvalue weighted by molar-refractivity contribution is -0.384. The highest BCUT2D eigenvalue weighted by Gasteiger charge is 2.12. The molecule has 0 spiro atoms. The van der Waals surface area contributed by atoms with E-state index in [-0.39, 0.29) is 29.0 Å². The zero-order valence-electron chi connectivity index (χ0n) is 13.8. The van der Waals surface area contributed by atoms with E-state index in [9.17, 15) is 10.1 Å². The number of nitro groups is 1. The van der Waals surface area contributed by atoms with Crippen LogP contribution in [0.25, 0.3) is 0 Å². The van der Waals surface area contributed by atoms with Crippen molar-refractivity contribution in [3.05, 3.63) is 57.6 Å². The quantitative estimate of drug-likeness (QED) is 0.335. The molecule has 0 bridgehead atoms. The fourth-order valence-corrected chi connectivity index (χ4v) is 2.03. The number of guanidine groups is 2. The first-order valence-corrected chi connectivity index (χ1v) is 7.23. The van der Waals surface area contributed by atoms with Crippen LogP contribution in [0.2, 0.25) is 0 Å². The molecule has 0 heterocycles. The molecule has 9 nitrogen and oxygen atoms in total. The van der Waals surface area contributed by atoms with Gasteiger partial charge in [-0.15, -0.1) is 0 Å². The number of aliphatic imine (C=N–C) groups is 2. The molecule has 0 amide bonds. The molecule has 0 fully saturated rings. The highest BCUT2D eigenvalue weighted by molar-refractivity contribution is 5.93. The Kier molecular flexibility index (Phi) is 5.18. The van der Waals surface area contributed by atoms with Crippen molar-refractivity contribution in [3.8, 4) is 11.5 Å². The maximum Gasteiger partial charge on any atom is 0.275 e. The fourth-order valence-electron chi connectivity index (χ4n) is 2.03. The molecular formula is C16H18N6O3. The smallest absolute Gasteiger partial charge is 0.275 e. The first kappa shape index (κ1) is 17.7. The topological polar surface area (TPSA) is 155 Å². The van der Waals surface area contributed by atoms with E-state index in [2.05, 4.69) is 9.98 Å². The van der Waals surface area contributed by atoms with Crippen LogP contribution >= 0.6 is 0 Å². The van der Waals surface area contributed by atoms with E-state index in [1.165, 1.54) is 18.2 Å². The summed E-state index contributed by atoms with van der Waals surface area (Å²) in [5, 5.41) is 11.1. The summed E-state index contributed by atoms with van der Waals surface area (Å²) in [6, 6.07) is 9.73. The van der Waals surface area contributed by atoms with E-state index < -0.39 is 4.92 Å². The van der Waals surface area contributed by atoms with Gasteiger partial charge >= 0.3 is 0 Å². The molecule has 0 aliphatic rings. The summed E-state index contributed by atoms with van der Waals surface area (Å²) in [5.74, 6) is 0.350. The minimum absolute atomic E-state index is 0.192. The molecule has 0 aliphatic carbocycles. The van der Waals surface area contributed by atoms with Crippen LogP contribution in [0.4, 0.5) is 11.4 Å². The Labute approximate surface area is 144 Å². The van der Waals surface area contributed by atoms with Gasteiger partial charge in [-0.2, -0.15) is 4.99 Å². The highest BCUT2D eigenvalue weighted by atomic mass is 16.6. The van der Waals surface area contributed by atoms with Gasteiger partial charge in [0.1, 0.15) is 11.5 Å². The van der Waals surface area contributed by atoms with E-state index in [1.54, 1.807) is 0 Å². The van der Waals surface area contributed by atoms with Crippen molar-refractivity contribution in [1.82, 2.24) is 0 Å². The molecule has 0 atom stereocenters. The van der Waals surface area contributed by atoms with Gasteiger partial charge in [-0.05, 0) is 31.0 Å². The van der Waals surface area contributed by atoms with Crippen molar-refractivity contribution < 1.29 is 9.66 Å². The number of hydrogen-bond acceptors (Lipinski definition) is 4. The van der Waals surface area contributed by atoms with Crippen LogP contribution in [0, 0.1) is 24.0 Å². The number of nitrogens with two attached hydrogens (primary N) is 3. The van der Waals surface area contributed by atoms with Crippen molar-refractivity contribution in [2.24, 2.45) is 27.2 Å². The average Bonchev–Trinajstić information content (AvgIpc) is 2.49. The van der Waals surface area contributed by atoms with Gasteiger partial charge in [-0.25, -0.2) is 4.99 Å². The van der Waals surface area contributed by atoms with E-state index >= 15 is 0 Å². The van der Waals surface area contributed by atoms with Gasteiger partial charge in [0, 0.05) is 12.1 Å². The standard InChI is InChI=1S/C16H18N6O3/c1-9-3-4-10(2)14(5-9)25-13-7-11(6-12(8-13)22(23)24)20-16(19)21-15(17)18/h3-8H,1-2H3,(H6,17,18,19,20,21). The molecule has 0 saturated carbocycles. The van der Waals surface area contributed by atoms with Crippen LogP contribution in [-0.4, -0.2) is 16.8 Å². The van der Waals surface area contributed by atoms with Gasteiger partial charge < -0.3 is 21.9 Å². The van der Waals surface area contributed by atoms with Crippen LogP contribution in [-0.2, 0) is 0 Å². The molecule has 0 aliphatic heterocycles. The Hall–Kier alpha value is -3.62. The second kappa shape index (κ2) is 7.30. The average molecular weight is 342 g/mol. The molecule has 0 saturated heterocycles. The molecular weight excluding hydrogens is 324 g/mol. The number of aryl methyl sites for hydroxylation is 2. The van der Waals surface area contributed by atoms with Crippen LogP contribution in [0.15, 0.2) is 46.4 Å². The summed E-state index contributed by atoms with van der Waals surface area (Å²) in [6.45, 7) is 3.80. The minimum Gasteiger partial charge on any atom is -0.457 e. The minimum atomic E-state index is -0.550. The molecule has 25 heavy (non-hydrogen) atoms. The molecule has 2 aromatic carbocycles. The largest absolute Gasteiger partial charge is 0.457 e. The number of nitrogens with zero attached hydrogens (tertiary/aromatic N) is 3. The van der Waals surface area contributed by atoms with E-state index in [1.807, 2.05) is 32.0 Å². The molecule has 0 unspecified atom stereocenters. The third-order valence-electron chi connectivity index (χ3n) is 3.15. The summed E-state index contributed by atoms with van der Waals surface area (Å²) in [6.07, 6.45) is 0. The zero-order chi connectivity index (χ0) is 18.6. The Morgan fingerprint density at radius 1 is 1.12 bits per heavy atom. The Balaban J connectivity index is 2.46. The van der Waals surface area contributed by atoms with Crippen molar-refractivity contribution in [1.29, 1.82) is 0 Å². The second-order valence-electron chi connectivity index (χ2n) is 5.32. The third kappa shape index (κ3) is 4.93. The lowest BCUT2D eigenvalue weighted by Crippen LogP contribution is -2.26. The monoisotopic (exact) mass is 342 g/mol. The first-order chi connectivity index (χ1) is 11.7. The van der Waals surface area contributed by atoms with Gasteiger partial charge in [0.05, 0.1) is 16.7 Å². The summed E-state index contributed by atoms with van der Waals surface area (Å²) in [7, 11) is 0. The van der Waals surface area contributed by atoms with Gasteiger partial charge in [0.25, 0.3) is 5.69 Å². The van der Waals surface area contributed by atoms with Crippen LogP contribution < -0.4 is 21.9 Å². The van der Waals surface area contributed by atoms with Crippen LogP contribution in [0.1, 0.15) is 11.1 Å². The summed E-state index contributed by atoms with van der Waals surface area (Å²) >= 11 is 0. The van der Waals surface area contributed by atoms with E-state index in [0.29, 0.717) is 5.75 Å². The van der Waals surface area contributed by atoms with Gasteiger partial charge in [0.2, 0.25) is 5.96 Å². The van der Waals surface area contributed by atoms with Gasteiger partial charge in [-0.1, -0.05) is 12.1 Å². The third-order valence-corrected chi connectivity index (χ3v) is 3.15. The second-order valence-corrected chi connectivity index (χ2v) is 5.32. The Morgan fingerprint density at radius 2 is 1.84 bits per heavy atom. The number of benzene rings is 2. The molecule has 2 aromatic rings. The van der Waals surface area contributed by atoms with Crippen LogP contribution in [0.3, 0.4) is 0 Å². The molecule has 130 valence electrons. The number of hydrogen-bond donors (Lipinski definition) is 3. The number of non-ortho nitro benzene ring substituents is 1. The van der Waals surface area contributed by atoms with Crippen molar-refractivity contribution in [2.45, 2.75) is 13.8 Å². The maximum absolute atomic E-state index is 11.1. The highest BCUT2D eigenvalue weighted by Crippen LogP contribution is 2.32. The number of nitro benzene ring substituents is 1. The summed E-state index contributed by atoms with van der Waals surface area (Å²) < 4.78 is 5.78.